The molecule has 6 nitrogen and oxygen atoms in total. The molecule has 0 spiro atoms. The highest BCUT2D eigenvalue weighted by Gasteiger charge is 2.55. The second-order valence-corrected chi connectivity index (χ2v) is 12.3. The third kappa shape index (κ3) is 4.21. The normalized spacial score (nSPS) is 33.3. The highest BCUT2D eigenvalue weighted by molar-refractivity contribution is 5.98. The minimum absolute atomic E-state index is 0.0428. The second-order valence-electron chi connectivity index (χ2n) is 12.3. The lowest BCUT2D eigenvalue weighted by Crippen LogP contribution is -2.63. The van der Waals surface area contributed by atoms with Crippen LogP contribution in [0.4, 0.5) is 36.3 Å². The van der Waals surface area contributed by atoms with Gasteiger partial charge in [0.15, 0.2) is 0 Å². The van der Waals surface area contributed by atoms with E-state index in [0.29, 0.717) is 43.9 Å². The van der Waals surface area contributed by atoms with Crippen LogP contribution in [0.3, 0.4) is 0 Å². The van der Waals surface area contributed by atoms with Gasteiger partial charge in [-0.3, -0.25) is 4.90 Å². The first-order valence-electron chi connectivity index (χ1n) is 14.2. The van der Waals surface area contributed by atoms with E-state index in [9.17, 15) is 18.7 Å². The fourth-order valence-corrected chi connectivity index (χ4v) is 8.21. The van der Waals surface area contributed by atoms with Crippen molar-refractivity contribution < 1.29 is 18.7 Å². The van der Waals surface area contributed by atoms with Gasteiger partial charge in [0.1, 0.15) is 0 Å². The van der Waals surface area contributed by atoms with Gasteiger partial charge in [-0.05, 0) is 86.3 Å². The molecule has 2 aromatic rings. The number of hydrogen-bond donors (Lipinski definition) is 2. The van der Waals surface area contributed by atoms with Gasteiger partial charge in [-0.2, -0.15) is 0 Å². The zero-order valence-corrected chi connectivity index (χ0v) is 21.7. The summed E-state index contributed by atoms with van der Waals surface area (Å²) in [6, 6.07) is 16.2. The number of alkyl halides is 2. The Morgan fingerprint density at radius 3 is 2.13 bits per heavy atom. The lowest BCUT2D eigenvalue weighted by molar-refractivity contribution is -0.136. The number of nitrogens with one attached hydrogen (secondary N) is 1. The molecule has 38 heavy (non-hydrogen) atoms. The molecule has 0 radical (unpaired) electrons. The van der Waals surface area contributed by atoms with Gasteiger partial charge in [0, 0.05) is 56.4 Å². The molecule has 2 heterocycles. The van der Waals surface area contributed by atoms with Crippen molar-refractivity contribution in [3.05, 3.63) is 48.5 Å². The summed E-state index contributed by atoms with van der Waals surface area (Å²) in [6.07, 6.45) is 4.58. The second kappa shape index (κ2) is 8.83. The van der Waals surface area contributed by atoms with Crippen LogP contribution >= 0.6 is 0 Å². The summed E-state index contributed by atoms with van der Waals surface area (Å²) in [5, 5.41) is 14.3. The van der Waals surface area contributed by atoms with Crippen LogP contribution in [0.25, 0.3) is 0 Å². The van der Waals surface area contributed by atoms with Crippen LogP contribution in [0.15, 0.2) is 48.5 Å². The topological polar surface area (TPSA) is 59.1 Å². The molecule has 2 amide bonds. The Balaban J connectivity index is 1.07. The molecule has 2 atom stereocenters. The predicted octanol–water partition coefficient (Wildman–Crippen LogP) is 5.53. The van der Waals surface area contributed by atoms with Gasteiger partial charge in [-0.25, -0.2) is 13.6 Å². The first kappa shape index (κ1) is 24.2. The Morgan fingerprint density at radius 2 is 1.47 bits per heavy atom. The van der Waals surface area contributed by atoms with Crippen molar-refractivity contribution in [3.63, 3.8) is 0 Å². The van der Waals surface area contributed by atoms with E-state index >= 15 is 0 Å². The highest BCUT2D eigenvalue weighted by Crippen LogP contribution is 2.55. The Bertz CT molecular complexity index is 1190. The molecule has 4 bridgehead atoms. The van der Waals surface area contributed by atoms with E-state index in [0.717, 1.165) is 54.9 Å². The maximum absolute atomic E-state index is 13.6. The molecule has 1 saturated heterocycles. The van der Waals surface area contributed by atoms with Crippen molar-refractivity contribution in [2.75, 3.05) is 40.9 Å². The van der Waals surface area contributed by atoms with Gasteiger partial charge < -0.3 is 20.2 Å². The molecule has 8 heteroatoms. The van der Waals surface area contributed by atoms with Crippen molar-refractivity contribution in [3.8, 4) is 0 Å². The number of benzene rings is 2. The summed E-state index contributed by atoms with van der Waals surface area (Å²) in [5.41, 5.74) is 3.36. The van der Waals surface area contributed by atoms with Crippen LogP contribution < -0.4 is 20.0 Å². The maximum Gasteiger partial charge on any atom is 0.322 e. The lowest BCUT2D eigenvalue weighted by atomic mass is 9.52. The van der Waals surface area contributed by atoms with E-state index < -0.39 is 11.5 Å². The van der Waals surface area contributed by atoms with Gasteiger partial charge in [-0.15, -0.1) is 0 Å². The number of nitrogens with zero attached hydrogens (tertiary/aromatic N) is 3. The van der Waals surface area contributed by atoms with E-state index in [1.54, 1.807) is 0 Å². The summed E-state index contributed by atoms with van der Waals surface area (Å²) < 4.78 is 27.2. The zero-order valence-electron chi connectivity index (χ0n) is 21.7. The van der Waals surface area contributed by atoms with Crippen molar-refractivity contribution in [2.24, 2.45) is 17.8 Å². The number of aliphatic hydroxyl groups is 1. The van der Waals surface area contributed by atoms with E-state index in [2.05, 4.69) is 10.2 Å². The third-order valence-corrected chi connectivity index (χ3v) is 9.81. The Morgan fingerprint density at radius 1 is 0.842 bits per heavy atom. The number of fused-ring (bicyclic) bond motifs is 1. The van der Waals surface area contributed by atoms with Gasteiger partial charge >= 0.3 is 6.03 Å². The number of carbonyl (C=O) groups is 1. The van der Waals surface area contributed by atoms with Crippen molar-refractivity contribution in [1.29, 1.82) is 0 Å². The fourth-order valence-electron chi connectivity index (χ4n) is 8.21. The van der Waals surface area contributed by atoms with E-state index in [-0.39, 0.29) is 24.9 Å². The molecular formula is C30H36F2N4O2. The summed E-state index contributed by atoms with van der Waals surface area (Å²) in [7, 11) is 0. The van der Waals surface area contributed by atoms with Crippen LogP contribution in [-0.2, 0) is 0 Å². The average molecular weight is 523 g/mol. The molecule has 202 valence electrons. The number of carbonyl (C=O) groups excluding carboxylic acids is 1. The van der Waals surface area contributed by atoms with E-state index in [1.165, 1.54) is 0 Å². The number of amides is 2. The molecule has 2 aromatic carbocycles. The molecule has 2 N–H and O–H groups in total. The van der Waals surface area contributed by atoms with Gasteiger partial charge in [0.25, 0.3) is 5.92 Å². The smallest absolute Gasteiger partial charge is 0.322 e. The zero-order chi connectivity index (χ0) is 26.1. The summed E-state index contributed by atoms with van der Waals surface area (Å²) >= 11 is 0. The molecule has 8 rings (SSSR count). The summed E-state index contributed by atoms with van der Waals surface area (Å²) in [5.74, 6) is -1.20. The monoisotopic (exact) mass is 522 g/mol. The Hall–Kier alpha value is -2.87. The molecular weight excluding hydrogens is 486 g/mol. The molecule has 4 saturated carbocycles. The number of halogens is 2. The number of para-hydroxylation sites is 2. The first-order chi connectivity index (χ1) is 18.3. The van der Waals surface area contributed by atoms with Crippen LogP contribution in [-0.4, -0.2) is 54.9 Å². The van der Waals surface area contributed by atoms with E-state index in [4.69, 9.17) is 0 Å². The first-order valence-corrected chi connectivity index (χ1v) is 14.2. The van der Waals surface area contributed by atoms with Crippen molar-refractivity contribution in [2.45, 2.75) is 62.5 Å². The van der Waals surface area contributed by atoms with Crippen molar-refractivity contribution in [1.82, 2.24) is 5.32 Å². The standard InChI is InChI=1S/C30H36F2N4O2/c31-30(32)9-11-34(12-10-30)23-5-7-24(8-6-23)35-13-14-36(26-4-2-1-3-25(26)35)28(37)33-27-21-15-20-16-22(27)19-29(38,17-20)18-21/h1-8,20-22,27,38H,9-19H2,(H,33,37). The minimum Gasteiger partial charge on any atom is -0.390 e. The highest BCUT2D eigenvalue weighted by atomic mass is 19.3. The van der Waals surface area contributed by atoms with Gasteiger partial charge in [0.05, 0.1) is 17.0 Å². The predicted molar refractivity (Wildman–Crippen MR) is 144 cm³/mol. The Labute approximate surface area is 222 Å². The number of urea groups is 1. The number of hydrogen-bond acceptors (Lipinski definition) is 4. The molecule has 4 aliphatic carbocycles. The quantitative estimate of drug-likeness (QED) is 0.557. The lowest BCUT2D eigenvalue weighted by Gasteiger charge is -2.58. The van der Waals surface area contributed by atoms with Crippen molar-refractivity contribution >= 4 is 28.8 Å². The van der Waals surface area contributed by atoms with Crippen LogP contribution in [0.1, 0.15) is 44.9 Å². The number of rotatable bonds is 3. The molecule has 0 aromatic heterocycles. The molecule has 5 fully saturated rings. The molecule has 2 unspecified atom stereocenters. The summed E-state index contributed by atoms with van der Waals surface area (Å²) in [4.78, 5) is 19.7. The molecule has 6 aliphatic rings. The van der Waals surface area contributed by atoms with Crippen LogP contribution in [0.5, 0.6) is 0 Å². The van der Waals surface area contributed by atoms with Gasteiger partial charge in [0.2, 0.25) is 0 Å². The Kier molecular flexibility index (Phi) is 5.62. The largest absolute Gasteiger partial charge is 0.390 e. The fraction of sp³-hybridized carbons (Fsp3) is 0.567. The van der Waals surface area contributed by atoms with Crippen LogP contribution in [0.2, 0.25) is 0 Å². The number of anilines is 4. The minimum atomic E-state index is -2.55. The SMILES string of the molecule is O=C(NC1C2CC3CC1CC(O)(C3)C2)N1CCN(c2ccc(N3CCC(F)(F)CC3)cc2)c2ccccc21. The average Bonchev–Trinajstić information content (AvgIpc) is 2.89. The van der Waals surface area contributed by atoms with Crippen LogP contribution in [0, 0.1) is 17.8 Å². The number of piperidine rings is 1. The van der Waals surface area contributed by atoms with E-state index in [1.807, 2.05) is 58.3 Å². The third-order valence-electron chi connectivity index (χ3n) is 9.81. The maximum atomic E-state index is 13.6. The summed E-state index contributed by atoms with van der Waals surface area (Å²) in [6.45, 7) is 1.97. The van der Waals surface area contributed by atoms with Gasteiger partial charge in [-0.1, -0.05) is 12.1 Å². The molecule has 2 aliphatic heterocycles.